The van der Waals surface area contributed by atoms with Crippen LogP contribution in [0.5, 0.6) is 0 Å². The molecule has 2 aromatic carbocycles. The number of rotatable bonds is 6. The van der Waals surface area contributed by atoms with Crippen LogP contribution in [0.1, 0.15) is 21.5 Å². The van der Waals surface area contributed by atoms with Crippen molar-refractivity contribution < 1.29 is 13.2 Å². The number of aryl methyl sites for hydroxylation is 1. The van der Waals surface area contributed by atoms with E-state index in [1.54, 1.807) is 18.2 Å². The predicted molar refractivity (Wildman–Crippen MR) is 120 cm³/mol. The standard InChI is InChI=1S/C21H23N5O3S2/c1-16-6-5-9-18(14-16)19(27)22-20-23-24-21(30-20)31(28,29)26-12-10-25(11-13-26)15-17-7-3-2-4-8-17/h2-9,14H,10-13,15H2,1H3,(H,22,23,27). The number of anilines is 1. The Balaban J connectivity index is 1.37. The molecule has 0 unspecified atom stereocenters. The van der Waals surface area contributed by atoms with Crippen molar-refractivity contribution in [2.24, 2.45) is 0 Å². The highest BCUT2D eigenvalue weighted by molar-refractivity contribution is 7.91. The molecule has 1 amide bonds. The summed E-state index contributed by atoms with van der Waals surface area (Å²) in [5.41, 5.74) is 2.64. The lowest BCUT2D eigenvalue weighted by Gasteiger charge is -2.33. The van der Waals surface area contributed by atoms with Crippen molar-refractivity contribution in [2.45, 2.75) is 17.8 Å². The third kappa shape index (κ3) is 5.16. The first-order valence-corrected chi connectivity index (χ1v) is 12.2. The number of benzene rings is 2. The maximum atomic E-state index is 13.0. The summed E-state index contributed by atoms with van der Waals surface area (Å²) in [5, 5.41) is 10.5. The summed E-state index contributed by atoms with van der Waals surface area (Å²) >= 11 is 0.867. The van der Waals surface area contributed by atoms with E-state index in [1.807, 2.05) is 31.2 Å². The van der Waals surface area contributed by atoms with Gasteiger partial charge in [0.15, 0.2) is 0 Å². The summed E-state index contributed by atoms with van der Waals surface area (Å²) in [5.74, 6) is -0.349. The van der Waals surface area contributed by atoms with Crippen molar-refractivity contribution in [1.82, 2.24) is 19.4 Å². The lowest BCUT2D eigenvalue weighted by atomic mass is 10.1. The number of sulfonamides is 1. The fourth-order valence-electron chi connectivity index (χ4n) is 3.40. The Morgan fingerprint density at radius 3 is 2.48 bits per heavy atom. The van der Waals surface area contributed by atoms with Crippen LogP contribution in [0.25, 0.3) is 0 Å². The zero-order chi connectivity index (χ0) is 21.8. The van der Waals surface area contributed by atoms with Crippen molar-refractivity contribution in [1.29, 1.82) is 0 Å². The number of hydrogen-bond acceptors (Lipinski definition) is 7. The zero-order valence-electron chi connectivity index (χ0n) is 17.1. The van der Waals surface area contributed by atoms with E-state index in [0.717, 1.165) is 23.4 Å². The molecule has 0 spiro atoms. The van der Waals surface area contributed by atoms with E-state index >= 15 is 0 Å². The minimum atomic E-state index is -3.74. The molecule has 8 nitrogen and oxygen atoms in total. The third-order valence-electron chi connectivity index (χ3n) is 5.05. The molecule has 0 radical (unpaired) electrons. The largest absolute Gasteiger partial charge is 0.296 e. The van der Waals surface area contributed by atoms with Gasteiger partial charge in [0, 0.05) is 38.3 Å². The van der Waals surface area contributed by atoms with Crippen molar-refractivity contribution in [3.8, 4) is 0 Å². The third-order valence-corrected chi connectivity index (χ3v) is 8.13. The van der Waals surface area contributed by atoms with Gasteiger partial charge in [-0.3, -0.25) is 15.0 Å². The first-order chi connectivity index (χ1) is 14.9. The van der Waals surface area contributed by atoms with Crippen LogP contribution in [0.3, 0.4) is 0 Å². The highest BCUT2D eigenvalue weighted by Gasteiger charge is 2.31. The molecule has 1 saturated heterocycles. The highest BCUT2D eigenvalue weighted by atomic mass is 32.2. The van der Waals surface area contributed by atoms with Crippen LogP contribution in [-0.4, -0.2) is 59.9 Å². The number of carbonyl (C=O) groups excluding carboxylic acids is 1. The van der Waals surface area contributed by atoms with E-state index in [0.29, 0.717) is 31.7 Å². The van der Waals surface area contributed by atoms with Gasteiger partial charge >= 0.3 is 0 Å². The highest BCUT2D eigenvalue weighted by Crippen LogP contribution is 2.25. The molecule has 0 aliphatic carbocycles. The maximum Gasteiger partial charge on any atom is 0.272 e. The van der Waals surface area contributed by atoms with E-state index in [1.165, 1.54) is 9.87 Å². The van der Waals surface area contributed by atoms with Gasteiger partial charge in [0.2, 0.25) is 9.47 Å². The van der Waals surface area contributed by atoms with E-state index in [2.05, 4.69) is 32.5 Å². The van der Waals surface area contributed by atoms with Crippen molar-refractivity contribution >= 4 is 32.4 Å². The molecular weight excluding hydrogens is 434 g/mol. The second-order valence-corrected chi connectivity index (χ2v) is 10.5. The van der Waals surface area contributed by atoms with Crippen LogP contribution in [0.4, 0.5) is 5.13 Å². The molecule has 0 atom stereocenters. The van der Waals surface area contributed by atoms with Gasteiger partial charge in [-0.2, -0.15) is 4.31 Å². The molecule has 1 aliphatic rings. The van der Waals surface area contributed by atoms with Crippen molar-refractivity contribution in [3.05, 3.63) is 71.3 Å². The van der Waals surface area contributed by atoms with Gasteiger partial charge in [-0.15, -0.1) is 10.2 Å². The number of carbonyl (C=O) groups is 1. The van der Waals surface area contributed by atoms with Gasteiger partial charge < -0.3 is 0 Å². The molecule has 4 rings (SSSR count). The Morgan fingerprint density at radius 1 is 1.03 bits per heavy atom. The van der Waals surface area contributed by atoms with E-state index < -0.39 is 10.0 Å². The number of hydrogen-bond donors (Lipinski definition) is 1. The predicted octanol–water partition coefficient (Wildman–Crippen LogP) is 2.61. The molecule has 1 aliphatic heterocycles. The minimum absolute atomic E-state index is 0.108. The molecule has 31 heavy (non-hydrogen) atoms. The van der Waals surface area contributed by atoms with Gasteiger partial charge in [-0.25, -0.2) is 8.42 Å². The minimum Gasteiger partial charge on any atom is -0.296 e. The number of piperazine rings is 1. The lowest BCUT2D eigenvalue weighted by Crippen LogP contribution is -2.48. The topological polar surface area (TPSA) is 95.5 Å². The first kappa shape index (κ1) is 21.6. The Bertz CT molecular complexity index is 1160. The van der Waals surface area contributed by atoms with Gasteiger partial charge in [0.1, 0.15) is 0 Å². The number of aromatic nitrogens is 2. The average Bonchev–Trinajstić information content (AvgIpc) is 3.24. The van der Waals surface area contributed by atoms with Crippen LogP contribution in [-0.2, 0) is 16.6 Å². The Labute approximate surface area is 185 Å². The van der Waals surface area contributed by atoms with Crippen molar-refractivity contribution in [3.63, 3.8) is 0 Å². The summed E-state index contributed by atoms with van der Waals surface area (Å²) < 4.78 is 27.3. The maximum absolute atomic E-state index is 13.0. The van der Waals surface area contributed by atoms with Crippen molar-refractivity contribution in [2.75, 3.05) is 31.5 Å². The van der Waals surface area contributed by atoms with Gasteiger partial charge in [0.25, 0.3) is 15.9 Å². The molecule has 1 fully saturated rings. The van der Waals surface area contributed by atoms with E-state index in [4.69, 9.17) is 0 Å². The van der Waals surface area contributed by atoms with Crippen LogP contribution >= 0.6 is 11.3 Å². The second-order valence-electron chi connectivity index (χ2n) is 7.36. The molecule has 162 valence electrons. The fourth-order valence-corrected chi connectivity index (χ4v) is 5.86. The summed E-state index contributed by atoms with van der Waals surface area (Å²) in [7, 11) is -3.74. The van der Waals surface area contributed by atoms with Gasteiger partial charge in [0.05, 0.1) is 0 Å². The number of amides is 1. The lowest BCUT2D eigenvalue weighted by molar-refractivity contribution is 0.102. The van der Waals surface area contributed by atoms with E-state index in [-0.39, 0.29) is 15.4 Å². The second kappa shape index (κ2) is 9.23. The molecule has 3 aromatic rings. The summed E-state index contributed by atoms with van der Waals surface area (Å²) in [6.07, 6.45) is 0. The molecule has 0 bridgehead atoms. The van der Waals surface area contributed by atoms with Gasteiger partial charge in [-0.05, 0) is 24.6 Å². The number of nitrogens with one attached hydrogen (secondary N) is 1. The average molecular weight is 458 g/mol. The molecule has 10 heteroatoms. The van der Waals surface area contributed by atoms with E-state index in [9.17, 15) is 13.2 Å². The van der Waals surface area contributed by atoms with Crippen LogP contribution in [0.15, 0.2) is 58.9 Å². The first-order valence-electron chi connectivity index (χ1n) is 9.90. The Kier molecular flexibility index (Phi) is 6.42. The summed E-state index contributed by atoms with van der Waals surface area (Å²) in [6.45, 7) is 4.75. The molecule has 1 N–H and O–H groups in total. The smallest absolute Gasteiger partial charge is 0.272 e. The SMILES string of the molecule is Cc1cccc(C(=O)Nc2nnc(S(=O)(=O)N3CCN(Cc4ccccc4)CC3)s2)c1. The van der Waals surface area contributed by atoms with Crippen LogP contribution < -0.4 is 5.32 Å². The van der Waals surface area contributed by atoms with Crippen LogP contribution in [0.2, 0.25) is 0 Å². The Morgan fingerprint density at radius 2 is 1.77 bits per heavy atom. The summed E-state index contributed by atoms with van der Waals surface area (Å²) in [4.78, 5) is 14.6. The number of nitrogens with zero attached hydrogens (tertiary/aromatic N) is 4. The molecular formula is C21H23N5O3S2. The quantitative estimate of drug-likeness (QED) is 0.572. The summed E-state index contributed by atoms with van der Waals surface area (Å²) in [6, 6.07) is 17.2. The molecule has 2 heterocycles. The van der Waals surface area contributed by atoms with Gasteiger partial charge in [-0.1, -0.05) is 59.4 Å². The molecule has 1 aromatic heterocycles. The molecule has 0 saturated carbocycles. The zero-order valence-corrected chi connectivity index (χ0v) is 18.7. The van der Waals surface area contributed by atoms with Crippen LogP contribution in [0, 0.1) is 6.92 Å². The fraction of sp³-hybridized carbons (Fsp3) is 0.286. The monoisotopic (exact) mass is 457 g/mol. The Hall–Kier alpha value is -2.66. The normalized spacial score (nSPS) is 15.6.